The molecular formula is C48H68N2O7. The molecule has 0 bridgehead atoms. The number of carbonyl (C=O) groups excluding carboxylic acids is 1. The summed E-state index contributed by atoms with van der Waals surface area (Å²) in [4.78, 5) is 13.4. The van der Waals surface area contributed by atoms with Gasteiger partial charge in [-0.15, -0.1) is 0 Å². The van der Waals surface area contributed by atoms with Crippen molar-refractivity contribution < 1.29 is 33.2 Å². The summed E-state index contributed by atoms with van der Waals surface area (Å²) in [6.07, 6.45) is 16.3. The highest BCUT2D eigenvalue weighted by atomic mass is 16.6. The fraction of sp³-hybridized carbons (Fsp3) is 0.688. The Hall–Kier alpha value is -3.27. The lowest BCUT2D eigenvalue weighted by atomic mass is 9.47. The van der Waals surface area contributed by atoms with E-state index in [9.17, 15) is 4.79 Å². The van der Waals surface area contributed by atoms with E-state index in [0.717, 1.165) is 54.8 Å². The van der Waals surface area contributed by atoms with Crippen molar-refractivity contribution in [2.24, 2.45) is 56.6 Å². The van der Waals surface area contributed by atoms with Crippen molar-refractivity contribution in [2.75, 3.05) is 52.9 Å². The molecule has 0 radical (unpaired) electrons. The molecule has 2 aromatic carbocycles. The van der Waals surface area contributed by atoms with Crippen LogP contribution in [-0.4, -0.2) is 64.9 Å². The number of esters is 1. The van der Waals surface area contributed by atoms with E-state index in [-0.39, 0.29) is 17.5 Å². The van der Waals surface area contributed by atoms with E-state index in [4.69, 9.17) is 28.4 Å². The van der Waals surface area contributed by atoms with E-state index in [2.05, 4.69) is 50.9 Å². The van der Waals surface area contributed by atoms with Gasteiger partial charge in [0.25, 0.3) is 0 Å². The topological polar surface area (TPSA) is 97.2 Å². The van der Waals surface area contributed by atoms with Crippen molar-refractivity contribution in [1.29, 1.82) is 0 Å². The molecule has 9 nitrogen and oxygen atoms in total. The lowest BCUT2D eigenvalue weighted by Gasteiger charge is -2.58. The molecule has 8 atom stereocenters. The summed E-state index contributed by atoms with van der Waals surface area (Å²) >= 11 is 0. The lowest BCUT2D eigenvalue weighted by Crippen LogP contribution is -2.51. The molecule has 0 spiro atoms. The van der Waals surface area contributed by atoms with E-state index in [1.54, 1.807) is 35.9 Å². The summed E-state index contributed by atoms with van der Waals surface area (Å²) in [7, 11) is 0. The van der Waals surface area contributed by atoms with Gasteiger partial charge in [0.1, 0.15) is 19.3 Å². The third kappa shape index (κ3) is 9.96. The molecule has 5 aliphatic rings. The number of allylic oxidation sites excluding steroid dienone is 1. The number of ether oxygens (including phenoxy) is 6. The van der Waals surface area contributed by atoms with Gasteiger partial charge >= 0.3 is 5.97 Å². The highest BCUT2D eigenvalue weighted by Crippen LogP contribution is 2.67. The maximum Gasteiger partial charge on any atom is 0.338 e. The smallest absolute Gasteiger partial charge is 0.338 e. The Kier molecular flexibility index (Phi) is 14.1. The highest BCUT2D eigenvalue weighted by molar-refractivity contribution is 5.89. The number of hydrogen-bond donors (Lipinski definition) is 0. The Morgan fingerprint density at radius 2 is 1.42 bits per heavy atom. The van der Waals surface area contributed by atoms with Gasteiger partial charge in [-0.25, -0.2) is 4.79 Å². The molecule has 3 fully saturated rings. The van der Waals surface area contributed by atoms with E-state index in [1.165, 1.54) is 51.4 Å². The average Bonchev–Trinajstić information content (AvgIpc) is 3.56. The molecule has 4 aliphatic carbocycles. The molecule has 8 unspecified atom stereocenters. The molecule has 7 rings (SSSR count). The zero-order valence-corrected chi connectivity index (χ0v) is 35.3. The second-order valence-corrected chi connectivity index (χ2v) is 18.5. The first-order chi connectivity index (χ1) is 27.6. The molecule has 312 valence electrons. The van der Waals surface area contributed by atoms with Gasteiger partial charge < -0.3 is 28.4 Å². The Balaban J connectivity index is 0.923. The van der Waals surface area contributed by atoms with Gasteiger partial charge in [0, 0.05) is 12.5 Å². The molecule has 0 amide bonds. The molecule has 1 heterocycles. The summed E-state index contributed by atoms with van der Waals surface area (Å²) in [5.74, 6) is 5.82. The van der Waals surface area contributed by atoms with Gasteiger partial charge in [0.2, 0.25) is 0 Å². The van der Waals surface area contributed by atoms with Crippen LogP contribution in [0.3, 0.4) is 0 Å². The molecule has 0 saturated heterocycles. The Labute approximate surface area is 341 Å². The third-order valence-corrected chi connectivity index (χ3v) is 14.6. The minimum Gasteiger partial charge on any atom is -0.487 e. The average molecular weight is 785 g/mol. The van der Waals surface area contributed by atoms with Crippen molar-refractivity contribution in [3.05, 3.63) is 59.7 Å². The first kappa shape index (κ1) is 41.9. The van der Waals surface area contributed by atoms with Crippen LogP contribution >= 0.6 is 0 Å². The second kappa shape index (κ2) is 19.2. The maximum absolute atomic E-state index is 13.4. The number of hydrogen-bond acceptors (Lipinski definition) is 9. The number of benzene rings is 2. The van der Waals surface area contributed by atoms with E-state index < -0.39 is 0 Å². The molecule has 2 aromatic rings. The quantitative estimate of drug-likeness (QED) is 0.142. The molecule has 0 N–H and O–H groups in total. The zero-order chi connectivity index (χ0) is 39.8. The van der Waals surface area contributed by atoms with Crippen LogP contribution in [0.4, 0.5) is 11.4 Å². The summed E-state index contributed by atoms with van der Waals surface area (Å²) in [5.41, 5.74) is 4.06. The normalized spacial score (nSPS) is 31.6. The van der Waals surface area contributed by atoms with Crippen molar-refractivity contribution in [1.82, 2.24) is 0 Å². The van der Waals surface area contributed by atoms with Crippen LogP contribution in [0.1, 0.15) is 116 Å². The fourth-order valence-corrected chi connectivity index (χ4v) is 11.5. The van der Waals surface area contributed by atoms with Gasteiger partial charge in [-0.05, 0) is 128 Å². The SMILES string of the molecule is CC(C)CCCC(C)C1CCC2C3CC=C4CC(OC(=O)c5ccc(/N=N/c6ccc7c(c6)OCCOCCOCCOCCO7)cc5)CCC4(C)C3CCC12C. The molecule has 9 heteroatoms. The first-order valence-electron chi connectivity index (χ1n) is 22.2. The predicted octanol–water partition coefficient (Wildman–Crippen LogP) is 11.5. The molecular weight excluding hydrogens is 717 g/mol. The van der Waals surface area contributed by atoms with Crippen LogP contribution in [0.2, 0.25) is 0 Å². The van der Waals surface area contributed by atoms with Gasteiger partial charge in [0.05, 0.1) is 56.6 Å². The molecule has 1 aliphatic heterocycles. The first-order valence-corrected chi connectivity index (χ1v) is 22.2. The summed E-state index contributed by atoms with van der Waals surface area (Å²) < 4.78 is 34.7. The molecule has 0 aromatic heterocycles. The second-order valence-electron chi connectivity index (χ2n) is 18.5. The Morgan fingerprint density at radius 3 is 2.14 bits per heavy atom. The molecule has 57 heavy (non-hydrogen) atoms. The van der Waals surface area contributed by atoms with Crippen LogP contribution < -0.4 is 9.47 Å². The van der Waals surface area contributed by atoms with Gasteiger partial charge in [-0.1, -0.05) is 65.5 Å². The fourth-order valence-electron chi connectivity index (χ4n) is 11.5. The Morgan fingerprint density at radius 1 is 0.754 bits per heavy atom. The van der Waals surface area contributed by atoms with Crippen molar-refractivity contribution in [2.45, 2.75) is 111 Å². The van der Waals surface area contributed by atoms with Crippen LogP contribution in [0, 0.1) is 46.3 Å². The van der Waals surface area contributed by atoms with Gasteiger partial charge in [-0.3, -0.25) is 0 Å². The standard InChI is InChI=1S/C48H68N2O7/c1-33(2)7-6-8-34(3)41-16-17-42-40-15-11-36-31-39(19-21-47(36,4)43(40)20-22-48(41,42)5)57-46(51)35-9-12-37(13-10-35)49-50-38-14-18-44-45(32-38)56-30-28-54-26-24-52-23-25-53-27-29-55-44/h9-14,18,32-34,39-43H,6-8,15-17,19-31H2,1-5H3/b50-49+. The monoisotopic (exact) mass is 785 g/mol. The summed E-state index contributed by atoms with van der Waals surface area (Å²) in [6, 6.07) is 12.6. The van der Waals surface area contributed by atoms with Crippen LogP contribution in [-0.2, 0) is 18.9 Å². The van der Waals surface area contributed by atoms with Gasteiger partial charge in [-0.2, -0.15) is 10.2 Å². The van der Waals surface area contributed by atoms with Crippen molar-refractivity contribution >= 4 is 17.3 Å². The number of nitrogens with zero attached hydrogens (tertiary/aromatic N) is 2. The highest BCUT2D eigenvalue weighted by Gasteiger charge is 2.59. The van der Waals surface area contributed by atoms with E-state index >= 15 is 0 Å². The summed E-state index contributed by atoms with van der Waals surface area (Å²) in [5, 5.41) is 8.87. The van der Waals surface area contributed by atoms with Crippen molar-refractivity contribution in [3.63, 3.8) is 0 Å². The van der Waals surface area contributed by atoms with E-state index in [1.807, 2.05) is 12.1 Å². The van der Waals surface area contributed by atoms with Gasteiger partial charge in [0.15, 0.2) is 11.5 Å². The minimum absolute atomic E-state index is 0.0816. The third-order valence-electron chi connectivity index (χ3n) is 14.6. The number of carbonyl (C=O) groups is 1. The largest absolute Gasteiger partial charge is 0.487 e. The maximum atomic E-state index is 13.4. The van der Waals surface area contributed by atoms with Crippen LogP contribution in [0.15, 0.2) is 64.3 Å². The van der Waals surface area contributed by atoms with Crippen molar-refractivity contribution in [3.8, 4) is 11.5 Å². The minimum atomic E-state index is -0.268. The summed E-state index contributed by atoms with van der Waals surface area (Å²) in [6.45, 7) is 16.2. The van der Waals surface area contributed by atoms with E-state index in [0.29, 0.717) is 86.7 Å². The molecule has 3 saturated carbocycles. The van der Waals surface area contributed by atoms with Crippen LogP contribution in [0.5, 0.6) is 11.5 Å². The zero-order valence-electron chi connectivity index (χ0n) is 35.3. The number of fused-ring (bicyclic) bond motifs is 6. The van der Waals surface area contributed by atoms with Crippen LogP contribution in [0.25, 0.3) is 0 Å². The number of azo groups is 1. The number of rotatable bonds is 9. The lowest BCUT2D eigenvalue weighted by molar-refractivity contribution is -0.0594. The predicted molar refractivity (Wildman–Crippen MR) is 223 cm³/mol. The Bertz CT molecular complexity index is 1690.